The molecule has 1 saturated heterocycles. The minimum atomic E-state index is -3.11. The van der Waals surface area contributed by atoms with Gasteiger partial charge in [0, 0.05) is 36.3 Å². The quantitative estimate of drug-likeness (QED) is 0.767. The smallest absolute Gasteiger partial charge is 0.423 e. The molecule has 0 amide bonds. The molecule has 2 aromatic rings. The molecule has 1 saturated carbocycles. The molecule has 4 heterocycles. The first kappa shape index (κ1) is 17.7. The molecule has 144 valence electrons. The maximum absolute atomic E-state index is 12.3. The summed E-state index contributed by atoms with van der Waals surface area (Å²) < 4.78 is 32.3. The Labute approximate surface area is 159 Å². The standard InChI is InChI=1S/C18H24BN3O4S/c1-2-9-27(24,25)22-11-17(12-22)4-6-18(7-5-17)15-13-3-8-20-16(13)21-10-14(15)19(23)26-18/h3,8,10,23H,2,4-7,9,11-12H2,1H3,(H,20,21). The first-order valence-electron chi connectivity index (χ1n) is 9.68. The third kappa shape index (κ3) is 2.52. The average Bonchev–Trinajstić information content (AvgIpc) is 3.17. The number of hydrogen-bond acceptors (Lipinski definition) is 5. The number of hydrogen-bond donors (Lipinski definition) is 2. The normalized spacial score (nSPS) is 23.9. The summed E-state index contributed by atoms with van der Waals surface area (Å²) in [5, 5.41) is 11.5. The molecule has 27 heavy (non-hydrogen) atoms. The maximum Gasteiger partial charge on any atom is 0.493 e. The van der Waals surface area contributed by atoms with Crippen molar-refractivity contribution in [2.24, 2.45) is 5.41 Å². The van der Waals surface area contributed by atoms with Crippen LogP contribution in [0.4, 0.5) is 0 Å². The highest BCUT2D eigenvalue weighted by atomic mass is 32.2. The molecule has 1 aliphatic carbocycles. The maximum atomic E-state index is 12.3. The van der Waals surface area contributed by atoms with Crippen molar-refractivity contribution in [3.63, 3.8) is 0 Å². The molecule has 2 aromatic heterocycles. The van der Waals surface area contributed by atoms with Gasteiger partial charge in [0.05, 0.1) is 11.4 Å². The largest absolute Gasteiger partial charge is 0.493 e. The number of nitrogens with zero attached hydrogens (tertiary/aromatic N) is 2. The molecule has 2 fully saturated rings. The van der Waals surface area contributed by atoms with Gasteiger partial charge >= 0.3 is 7.12 Å². The fourth-order valence-corrected chi connectivity index (χ4v) is 6.92. The lowest BCUT2D eigenvalue weighted by molar-refractivity contribution is -0.0596. The number of fused-ring (bicyclic) bond motifs is 4. The van der Waals surface area contributed by atoms with Crippen molar-refractivity contribution < 1.29 is 18.1 Å². The molecule has 2 N–H and O–H groups in total. The predicted molar refractivity (Wildman–Crippen MR) is 103 cm³/mol. The van der Waals surface area contributed by atoms with Gasteiger partial charge in [-0.1, -0.05) is 6.92 Å². The SMILES string of the molecule is CCCS(=O)(=O)N1CC2(CCC3(CC2)OB(O)c2cnc4[nH]ccc4c23)C1. The van der Waals surface area contributed by atoms with Crippen LogP contribution in [0.3, 0.4) is 0 Å². The number of H-pyrrole nitrogens is 1. The lowest BCUT2D eigenvalue weighted by Gasteiger charge is -2.54. The zero-order valence-corrected chi connectivity index (χ0v) is 16.3. The van der Waals surface area contributed by atoms with Crippen LogP contribution in [0.5, 0.6) is 0 Å². The number of nitrogens with one attached hydrogen (secondary N) is 1. The van der Waals surface area contributed by atoms with Crippen LogP contribution in [0.1, 0.15) is 44.6 Å². The van der Waals surface area contributed by atoms with E-state index in [0.29, 0.717) is 19.5 Å². The minimum absolute atomic E-state index is 0.0629. The molecule has 2 spiro atoms. The number of pyridine rings is 1. The van der Waals surface area contributed by atoms with Gasteiger partial charge in [0.15, 0.2) is 0 Å². The molecule has 7 nitrogen and oxygen atoms in total. The summed E-state index contributed by atoms with van der Waals surface area (Å²) in [5.41, 5.74) is 2.20. The summed E-state index contributed by atoms with van der Waals surface area (Å²) in [6, 6.07) is 2.00. The van der Waals surface area contributed by atoms with E-state index in [1.54, 1.807) is 10.5 Å². The fourth-order valence-electron chi connectivity index (χ4n) is 5.21. The molecule has 0 aromatic carbocycles. The molecule has 0 radical (unpaired) electrons. The van der Waals surface area contributed by atoms with Crippen molar-refractivity contribution in [3.8, 4) is 0 Å². The minimum Gasteiger partial charge on any atom is -0.423 e. The van der Waals surface area contributed by atoms with Crippen LogP contribution >= 0.6 is 0 Å². The van der Waals surface area contributed by atoms with Crippen LogP contribution in [0.25, 0.3) is 11.0 Å². The Morgan fingerprint density at radius 2 is 2.07 bits per heavy atom. The molecule has 2 aliphatic heterocycles. The van der Waals surface area contributed by atoms with Gasteiger partial charge in [-0.3, -0.25) is 0 Å². The van der Waals surface area contributed by atoms with E-state index >= 15 is 0 Å². The zero-order chi connectivity index (χ0) is 18.9. The van der Waals surface area contributed by atoms with E-state index in [0.717, 1.165) is 47.7 Å². The van der Waals surface area contributed by atoms with E-state index in [2.05, 4.69) is 9.97 Å². The molecule has 0 atom stereocenters. The Hall–Kier alpha value is -1.42. The Bertz CT molecular complexity index is 989. The lowest BCUT2D eigenvalue weighted by Crippen LogP contribution is -2.60. The topological polar surface area (TPSA) is 95.5 Å². The van der Waals surface area contributed by atoms with Gasteiger partial charge in [-0.05, 0) is 49.1 Å². The number of aromatic nitrogens is 2. The summed E-state index contributed by atoms with van der Waals surface area (Å²) in [5.74, 6) is 0.230. The molecule has 9 heteroatoms. The van der Waals surface area contributed by atoms with Crippen LogP contribution in [0, 0.1) is 5.41 Å². The summed E-state index contributed by atoms with van der Waals surface area (Å²) in [6.45, 7) is 3.14. The van der Waals surface area contributed by atoms with Crippen LogP contribution in [-0.4, -0.2) is 53.7 Å². The summed E-state index contributed by atoms with van der Waals surface area (Å²) in [4.78, 5) is 7.52. The third-order valence-electron chi connectivity index (χ3n) is 6.67. The van der Waals surface area contributed by atoms with Crippen LogP contribution in [0.2, 0.25) is 0 Å². The highest BCUT2D eigenvalue weighted by Crippen LogP contribution is 2.54. The molecular formula is C18H24BN3O4S. The van der Waals surface area contributed by atoms with Gasteiger partial charge in [0.25, 0.3) is 0 Å². The Balaban J connectivity index is 1.39. The fraction of sp³-hybridized carbons (Fsp3) is 0.611. The molecular weight excluding hydrogens is 365 g/mol. The van der Waals surface area contributed by atoms with Crippen LogP contribution in [0.15, 0.2) is 18.5 Å². The van der Waals surface area contributed by atoms with Crippen molar-refractivity contribution in [3.05, 3.63) is 24.0 Å². The van der Waals surface area contributed by atoms with Crippen molar-refractivity contribution in [1.29, 1.82) is 0 Å². The van der Waals surface area contributed by atoms with E-state index < -0.39 is 22.7 Å². The van der Waals surface area contributed by atoms with Crippen molar-refractivity contribution >= 4 is 33.6 Å². The molecule has 5 rings (SSSR count). The van der Waals surface area contributed by atoms with Gasteiger partial charge in [0.1, 0.15) is 5.65 Å². The van der Waals surface area contributed by atoms with E-state index in [9.17, 15) is 13.4 Å². The summed E-state index contributed by atoms with van der Waals surface area (Å²) in [7, 11) is -4.05. The molecule has 0 unspecified atom stereocenters. The van der Waals surface area contributed by atoms with E-state index in [1.807, 2.05) is 19.2 Å². The second-order valence-corrected chi connectivity index (χ2v) is 10.5. The Morgan fingerprint density at radius 3 is 2.78 bits per heavy atom. The van der Waals surface area contributed by atoms with Crippen molar-refractivity contribution in [2.45, 2.75) is 44.6 Å². The second-order valence-electron chi connectivity index (χ2n) is 8.38. The molecule has 0 bridgehead atoms. The highest BCUT2D eigenvalue weighted by Gasteiger charge is 2.56. The summed E-state index contributed by atoms with van der Waals surface area (Å²) in [6.07, 6.45) is 7.63. The average molecular weight is 389 g/mol. The van der Waals surface area contributed by atoms with Gasteiger partial charge < -0.3 is 14.7 Å². The van der Waals surface area contributed by atoms with Gasteiger partial charge in [-0.25, -0.2) is 17.7 Å². The zero-order valence-electron chi connectivity index (χ0n) is 15.4. The van der Waals surface area contributed by atoms with Crippen molar-refractivity contribution in [1.82, 2.24) is 14.3 Å². The predicted octanol–water partition coefficient (Wildman–Crippen LogP) is 1.09. The van der Waals surface area contributed by atoms with Crippen LogP contribution < -0.4 is 5.46 Å². The van der Waals surface area contributed by atoms with Crippen LogP contribution in [-0.2, 0) is 20.3 Å². The van der Waals surface area contributed by atoms with E-state index in [4.69, 9.17) is 4.65 Å². The third-order valence-corrected chi connectivity index (χ3v) is 8.64. The second kappa shape index (κ2) is 5.79. The summed E-state index contributed by atoms with van der Waals surface area (Å²) >= 11 is 0. The highest BCUT2D eigenvalue weighted by molar-refractivity contribution is 7.89. The number of rotatable bonds is 3. The Kier molecular flexibility index (Phi) is 3.79. The Morgan fingerprint density at radius 1 is 1.33 bits per heavy atom. The molecule has 3 aliphatic rings. The van der Waals surface area contributed by atoms with Crippen molar-refractivity contribution in [2.75, 3.05) is 18.8 Å². The first-order valence-corrected chi connectivity index (χ1v) is 11.3. The monoisotopic (exact) mass is 389 g/mol. The van der Waals surface area contributed by atoms with E-state index in [-0.39, 0.29) is 11.2 Å². The number of sulfonamides is 1. The van der Waals surface area contributed by atoms with Gasteiger partial charge in [0.2, 0.25) is 10.0 Å². The first-order chi connectivity index (χ1) is 12.9. The van der Waals surface area contributed by atoms with E-state index in [1.165, 1.54) is 0 Å². The lowest BCUT2D eigenvalue weighted by atomic mass is 9.63. The van der Waals surface area contributed by atoms with Gasteiger partial charge in [-0.2, -0.15) is 0 Å². The number of aromatic amines is 1. The van der Waals surface area contributed by atoms with Gasteiger partial charge in [-0.15, -0.1) is 0 Å².